The summed E-state index contributed by atoms with van der Waals surface area (Å²) in [5.41, 5.74) is 14.2. The first-order valence-electron chi connectivity index (χ1n) is 15.7. The van der Waals surface area contributed by atoms with Gasteiger partial charge in [0, 0.05) is 16.3 Å². The number of hydrazine groups is 1. The van der Waals surface area contributed by atoms with Gasteiger partial charge in [0.2, 0.25) is 0 Å². The van der Waals surface area contributed by atoms with Crippen LogP contribution < -0.4 is 10.4 Å². The molecule has 0 amide bonds. The molecule has 0 saturated carbocycles. The monoisotopic (exact) mass is 588 g/mol. The number of nitrogens with zero attached hydrogens (tertiary/aromatic N) is 1. The van der Waals surface area contributed by atoms with E-state index in [1.807, 2.05) is 0 Å². The van der Waals surface area contributed by atoms with Gasteiger partial charge in [-0.2, -0.15) is 0 Å². The van der Waals surface area contributed by atoms with Gasteiger partial charge in [-0.05, 0) is 56.8 Å². The van der Waals surface area contributed by atoms with Crippen LogP contribution in [0.1, 0.15) is 0 Å². The molecule has 2 heteroatoms. The van der Waals surface area contributed by atoms with E-state index in [2.05, 4.69) is 198 Å². The predicted octanol–water partition coefficient (Wildman–Crippen LogP) is 12.2. The minimum absolute atomic E-state index is 1.04. The molecule has 0 saturated heterocycles. The van der Waals surface area contributed by atoms with Crippen molar-refractivity contribution >= 4 is 38.6 Å². The van der Waals surface area contributed by atoms with Crippen LogP contribution >= 0.6 is 0 Å². The van der Waals surface area contributed by atoms with Crippen LogP contribution in [0, 0.1) is 0 Å². The number of rotatable bonds is 7. The Hall–Kier alpha value is -6.12. The van der Waals surface area contributed by atoms with Gasteiger partial charge in [0.05, 0.1) is 17.1 Å². The average molecular weight is 589 g/mol. The molecule has 0 fully saturated rings. The molecule has 0 aliphatic heterocycles. The second-order valence-electron chi connectivity index (χ2n) is 11.5. The molecule has 0 aromatic heterocycles. The van der Waals surface area contributed by atoms with E-state index in [9.17, 15) is 0 Å². The van der Waals surface area contributed by atoms with E-state index in [-0.39, 0.29) is 0 Å². The number of anilines is 3. The molecular weight excluding hydrogens is 556 g/mol. The molecule has 1 N–H and O–H groups in total. The standard InChI is InChI=1S/C44H32N2/c1-4-16-34(17-5-1)39-30-31-42(44(36-22-8-3-9-23-36)43(39)35-20-6-2-7-21-35)46(41-29-15-25-33-19-11-13-27-38(33)41)45-40-28-14-24-32-18-10-12-26-37(32)40/h1-31,45H. The van der Waals surface area contributed by atoms with E-state index >= 15 is 0 Å². The van der Waals surface area contributed by atoms with Crippen molar-refractivity contribution in [3.8, 4) is 33.4 Å². The molecule has 0 bridgehead atoms. The lowest BCUT2D eigenvalue weighted by Crippen LogP contribution is -2.25. The molecule has 46 heavy (non-hydrogen) atoms. The quantitative estimate of drug-likeness (QED) is 0.186. The zero-order valence-corrected chi connectivity index (χ0v) is 25.3. The Labute approximate surface area is 269 Å². The Morgan fingerprint density at radius 1 is 0.326 bits per heavy atom. The maximum atomic E-state index is 3.93. The minimum Gasteiger partial charge on any atom is -0.293 e. The van der Waals surface area contributed by atoms with Gasteiger partial charge in [-0.15, -0.1) is 0 Å². The molecule has 8 rings (SSSR count). The van der Waals surface area contributed by atoms with Crippen molar-refractivity contribution in [2.24, 2.45) is 0 Å². The Bertz CT molecular complexity index is 2270. The van der Waals surface area contributed by atoms with Gasteiger partial charge in [0.1, 0.15) is 0 Å². The number of hydrogen-bond donors (Lipinski definition) is 1. The molecule has 0 radical (unpaired) electrons. The van der Waals surface area contributed by atoms with E-state index in [0.717, 1.165) is 28.2 Å². The van der Waals surface area contributed by atoms with Gasteiger partial charge in [0.25, 0.3) is 0 Å². The van der Waals surface area contributed by atoms with Crippen molar-refractivity contribution in [1.82, 2.24) is 0 Å². The fourth-order valence-electron chi connectivity index (χ4n) is 6.53. The van der Waals surface area contributed by atoms with Crippen LogP contribution in [0.5, 0.6) is 0 Å². The average Bonchev–Trinajstić information content (AvgIpc) is 3.14. The van der Waals surface area contributed by atoms with E-state index in [1.54, 1.807) is 0 Å². The van der Waals surface area contributed by atoms with Crippen LogP contribution in [-0.2, 0) is 0 Å². The molecule has 0 atom stereocenters. The highest BCUT2D eigenvalue weighted by Crippen LogP contribution is 2.48. The van der Waals surface area contributed by atoms with E-state index in [0.29, 0.717) is 0 Å². The van der Waals surface area contributed by atoms with Crippen molar-refractivity contribution in [2.45, 2.75) is 0 Å². The van der Waals surface area contributed by atoms with Crippen LogP contribution in [0.2, 0.25) is 0 Å². The van der Waals surface area contributed by atoms with Crippen molar-refractivity contribution in [3.05, 3.63) is 188 Å². The highest BCUT2D eigenvalue weighted by molar-refractivity contribution is 6.05. The Kier molecular flexibility index (Phi) is 7.22. The van der Waals surface area contributed by atoms with Gasteiger partial charge in [-0.3, -0.25) is 10.4 Å². The van der Waals surface area contributed by atoms with Crippen LogP contribution in [0.3, 0.4) is 0 Å². The van der Waals surface area contributed by atoms with Crippen molar-refractivity contribution in [1.29, 1.82) is 0 Å². The number of benzene rings is 8. The predicted molar refractivity (Wildman–Crippen MR) is 196 cm³/mol. The zero-order chi connectivity index (χ0) is 30.7. The Balaban J connectivity index is 1.47. The Morgan fingerprint density at radius 2 is 0.826 bits per heavy atom. The first-order chi connectivity index (χ1) is 22.8. The summed E-state index contributed by atoms with van der Waals surface area (Å²) in [5.74, 6) is 0. The molecule has 0 heterocycles. The van der Waals surface area contributed by atoms with E-state index < -0.39 is 0 Å². The summed E-state index contributed by atoms with van der Waals surface area (Å²) in [4.78, 5) is 0. The van der Waals surface area contributed by atoms with Crippen LogP contribution in [0.25, 0.3) is 54.9 Å². The van der Waals surface area contributed by atoms with Crippen molar-refractivity contribution in [3.63, 3.8) is 0 Å². The Morgan fingerprint density at radius 3 is 1.50 bits per heavy atom. The molecular formula is C44H32N2. The van der Waals surface area contributed by atoms with Crippen LogP contribution in [0.4, 0.5) is 17.1 Å². The van der Waals surface area contributed by atoms with E-state index in [4.69, 9.17) is 0 Å². The zero-order valence-electron chi connectivity index (χ0n) is 25.3. The third-order valence-electron chi connectivity index (χ3n) is 8.66. The lowest BCUT2D eigenvalue weighted by Gasteiger charge is -2.32. The number of nitrogens with one attached hydrogen (secondary N) is 1. The molecule has 0 aliphatic rings. The van der Waals surface area contributed by atoms with E-state index in [1.165, 1.54) is 43.8 Å². The fourth-order valence-corrected chi connectivity index (χ4v) is 6.53. The van der Waals surface area contributed by atoms with Crippen molar-refractivity contribution in [2.75, 3.05) is 10.4 Å². The second-order valence-corrected chi connectivity index (χ2v) is 11.5. The first-order valence-corrected chi connectivity index (χ1v) is 15.7. The summed E-state index contributed by atoms with van der Waals surface area (Å²) in [7, 11) is 0. The number of hydrogen-bond acceptors (Lipinski definition) is 2. The van der Waals surface area contributed by atoms with Gasteiger partial charge < -0.3 is 0 Å². The molecule has 218 valence electrons. The summed E-state index contributed by atoms with van der Waals surface area (Å²) in [6, 6.07) is 67.0. The third-order valence-corrected chi connectivity index (χ3v) is 8.66. The lowest BCUT2D eigenvalue weighted by atomic mass is 9.86. The smallest absolute Gasteiger partial charge is 0.0715 e. The largest absolute Gasteiger partial charge is 0.293 e. The molecule has 2 nitrogen and oxygen atoms in total. The summed E-state index contributed by atoms with van der Waals surface area (Å²) in [5, 5.41) is 7.01. The molecule has 0 unspecified atom stereocenters. The minimum atomic E-state index is 1.04. The highest BCUT2D eigenvalue weighted by atomic mass is 15.5. The number of fused-ring (bicyclic) bond motifs is 2. The SMILES string of the molecule is c1ccc(-c2ccc(N(Nc3cccc4ccccc34)c3cccc4ccccc34)c(-c3ccccc3)c2-c2ccccc2)cc1. The normalized spacial score (nSPS) is 11.0. The molecule has 0 aliphatic carbocycles. The van der Waals surface area contributed by atoms with Crippen LogP contribution in [0.15, 0.2) is 188 Å². The maximum Gasteiger partial charge on any atom is 0.0715 e. The third kappa shape index (κ3) is 5.06. The van der Waals surface area contributed by atoms with Gasteiger partial charge in [0.15, 0.2) is 0 Å². The summed E-state index contributed by atoms with van der Waals surface area (Å²) >= 11 is 0. The maximum absolute atomic E-state index is 3.93. The van der Waals surface area contributed by atoms with Gasteiger partial charge >= 0.3 is 0 Å². The van der Waals surface area contributed by atoms with Crippen LogP contribution in [-0.4, -0.2) is 0 Å². The highest BCUT2D eigenvalue weighted by Gasteiger charge is 2.24. The lowest BCUT2D eigenvalue weighted by molar-refractivity contribution is 1.18. The molecule has 0 spiro atoms. The topological polar surface area (TPSA) is 15.3 Å². The summed E-state index contributed by atoms with van der Waals surface area (Å²) in [6.45, 7) is 0. The summed E-state index contributed by atoms with van der Waals surface area (Å²) in [6.07, 6.45) is 0. The summed E-state index contributed by atoms with van der Waals surface area (Å²) < 4.78 is 0. The first kappa shape index (κ1) is 27.4. The molecule has 8 aromatic carbocycles. The van der Waals surface area contributed by atoms with Gasteiger partial charge in [-0.25, -0.2) is 0 Å². The second kappa shape index (κ2) is 12.1. The van der Waals surface area contributed by atoms with Gasteiger partial charge in [-0.1, -0.05) is 170 Å². The fraction of sp³-hybridized carbons (Fsp3) is 0. The van der Waals surface area contributed by atoms with Crippen molar-refractivity contribution < 1.29 is 0 Å². The molecule has 8 aromatic rings.